The third-order valence-electron chi connectivity index (χ3n) is 8.76. The molecule has 1 saturated heterocycles. The number of hydrogen-bond acceptors (Lipinski definition) is 8. The summed E-state index contributed by atoms with van der Waals surface area (Å²) in [6, 6.07) is 15.7. The van der Waals surface area contributed by atoms with Crippen molar-refractivity contribution >= 4 is 33.5 Å². The minimum atomic E-state index is -0.371. The van der Waals surface area contributed by atoms with E-state index in [4.69, 9.17) is 15.2 Å². The number of aromatic nitrogens is 4. The van der Waals surface area contributed by atoms with Gasteiger partial charge < -0.3 is 20.4 Å². The van der Waals surface area contributed by atoms with Crippen LogP contribution in [-0.2, 0) is 6.54 Å². The first-order valence-corrected chi connectivity index (χ1v) is 14.5. The fourth-order valence-corrected chi connectivity index (χ4v) is 6.42. The lowest BCUT2D eigenvalue weighted by atomic mass is 9.90. The second-order valence-electron chi connectivity index (χ2n) is 11.4. The van der Waals surface area contributed by atoms with Gasteiger partial charge in [0.2, 0.25) is 0 Å². The van der Waals surface area contributed by atoms with Crippen LogP contribution in [0.15, 0.2) is 59.3 Å². The highest BCUT2D eigenvalue weighted by Gasteiger charge is 2.30. The quantitative estimate of drug-likeness (QED) is 0.292. The molecule has 3 N–H and O–H groups in total. The number of benzene rings is 2. The fourth-order valence-electron chi connectivity index (χ4n) is 6.42. The van der Waals surface area contributed by atoms with E-state index in [0.717, 1.165) is 68.6 Å². The molecule has 1 saturated carbocycles. The normalized spacial score (nSPS) is 20.6. The number of rotatable bonds is 6. The molecule has 9 nitrogen and oxygen atoms in total. The predicted molar refractivity (Wildman–Crippen MR) is 159 cm³/mol. The number of fused-ring (bicyclic) bond motifs is 2. The number of halogens is 1. The van der Waals surface area contributed by atoms with E-state index in [1.54, 1.807) is 6.07 Å². The average molecular weight is 555 g/mol. The number of hydrogen-bond donors (Lipinski definition) is 2. The largest absolute Gasteiger partial charge is 0.459 e. The third kappa shape index (κ3) is 5.02. The van der Waals surface area contributed by atoms with Crippen LogP contribution in [0.5, 0.6) is 0 Å². The van der Waals surface area contributed by atoms with Gasteiger partial charge in [-0.25, -0.2) is 19.0 Å². The van der Waals surface area contributed by atoms with Crippen LogP contribution in [0.4, 0.5) is 15.9 Å². The van der Waals surface area contributed by atoms with Gasteiger partial charge in [-0.3, -0.25) is 4.90 Å². The van der Waals surface area contributed by atoms with E-state index in [2.05, 4.69) is 32.1 Å². The number of para-hydroxylation sites is 1. The van der Waals surface area contributed by atoms with Crippen LogP contribution in [0.2, 0.25) is 0 Å². The van der Waals surface area contributed by atoms with Crippen molar-refractivity contribution in [3.8, 4) is 11.3 Å². The maximum Gasteiger partial charge on any atom is 0.164 e. The first-order chi connectivity index (χ1) is 20.0. The van der Waals surface area contributed by atoms with E-state index in [1.165, 1.54) is 12.4 Å². The summed E-state index contributed by atoms with van der Waals surface area (Å²) in [6.07, 6.45) is 5.80. The zero-order valence-electron chi connectivity index (χ0n) is 23.3. The van der Waals surface area contributed by atoms with Crippen LogP contribution in [0.1, 0.15) is 37.5 Å². The Hall–Kier alpha value is -4.02. The van der Waals surface area contributed by atoms with Crippen molar-refractivity contribution in [2.24, 2.45) is 0 Å². The van der Waals surface area contributed by atoms with Crippen molar-refractivity contribution in [2.45, 2.75) is 44.3 Å². The van der Waals surface area contributed by atoms with Gasteiger partial charge in [0, 0.05) is 43.2 Å². The van der Waals surface area contributed by atoms with Crippen molar-refractivity contribution in [1.82, 2.24) is 29.5 Å². The summed E-state index contributed by atoms with van der Waals surface area (Å²) in [4.78, 5) is 13.9. The van der Waals surface area contributed by atoms with Gasteiger partial charge in [-0.2, -0.15) is 5.10 Å². The second-order valence-corrected chi connectivity index (χ2v) is 11.4. The summed E-state index contributed by atoms with van der Waals surface area (Å²) in [5, 5.41) is 9.85. The van der Waals surface area contributed by atoms with E-state index in [1.807, 2.05) is 41.1 Å². The molecule has 41 heavy (non-hydrogen) atoms. The lowest BCUT2D eigenvalue weighted by Gasteiger charge is -2.41. The standard InChI is InChI=1S/C31H35FN8O/c1-38-12-14-39(15-13-38)22-7-9-23(10-8-22)40-31-28(30(33)35-19-36-31)29(37-40)21-6-11-26(25(32)17-21)34-18-24-16-20-4-2-3-5-27(20)41-24/h2-6,11,16-17,19,22-23,34H,7-10,12-15,18H2,1H3,(H2,33,35,36). The van der Waals surface area contributed by atoms with Crippen LogP contribution in [0, 0.1) is 5.82 Å². The number of piperazine rings is 1. The van der Waals surface area contributed by atoms with Gasteiger partial charge in [0.25, 0.3) is 0 Å². The third-order valence-corrected chi connectivity index (χ3v) is 8.76. The fraction of sp³-hybridized carbons (Fsp3) is 0.387. The number of likely N-dealkylation sites (N-methyl/N-ethyl adjacent to an activating group) is 1. The molecule has 0 amide bonds. The number of nitrogens with one attached hydrogen (secondary N) is 1. The molecule has 0 unspecified atom stereocenters. The monoisotopic (exact) mass is 554 g/mol. The first-order valence-electron chi connectivity index (χ1n) is 14.5. The Balaban J connectivity index is 1.11. The molecule has 2 aliphatic rings. The van der Waals surface area contributed by atoms with Crippen molar-refractivity contribution < 1.29 is 8.81 Å². The summed E-state index contributed by atoms with van der Waals surface area (Å²) >= 11 is 0. The van der Waals surface area contributed by atoms with Crippen molar-refractivity contribution in [3.05, 3.63) is 66.4 Å². The average Bonchev–Trinajstić information content (AvgIpc) is 3.59. The molecule has 5 aromatic rings. The van der Waals surface area contributed by atoms with Crippen molar-refractivity contribution in [3.63, 3.8) is 0 Å². The number of nitrogens with two attached hydrogens (primary N) is 1. The molecule has 1 aliphatic carbocycles. The van der Waals surface area contributed by atoms with E-state index < -0.39 is 0 Å². The molecule has 7 rings (SSSR count). The predicted octanol–water partition coefficient (Wildman–Crippen LogP) is 5.30. The van der Waals surface area contributed by atoms with Gasteiger partial charge in [0.05, 0.1) is 23.7 Å². The molecular weight excluding hydrogens is 519 g/mol. The smallest absolute Gasteiger partial charge is 0.164 e. The van der Waals surface area contributed by atoms with E-state index in [0.29, 0.717) is 46.4 Å². The Morgan fingerprint density at radius 2 is 1.76 bits per heavy atom. The van der Waals surface area contributed by atoms with Gasteiger partial charge in [0.15, 0.2) is 5.65 Å². The second kappa shape index (κ2) is 10.8. The van der Waals surface area contributed by atoms with Crippen molar-refractivity contribution in [1.29, 1.82) is 0 Å². The van der Waals surface area contributed by atoms with Gasteiger partial charge in [-0.1, -0.05) is 24.3 Å². The van der Waals surface area contributed by atoms with Gasteiger partial charge >= 0.3 is 0 Å². The van der Waals surface area contributed by atoms with E-state index in [-0.39, 0.29) is 11.9 Å². The first kappa shape index (κ1) is 25.9. The Morgan fingerprint density at radius 1 is 0.976 bits per heavy atom. The highest BCUT2D eigenvalue weighted by atomic mass is 19.1. The van der Waals surface area contributed by atoms with E-state index in [9.17, 15) is 0 Å². The Bertz CT molecular complexity index is 1650. The summed E-state index contributed by atoms with van der Waals surface area (Å²) < 4.78 is 23.2. The molecule has 212 valence electrons. The lowest BCUT2D eigenvalue weighted by Crippen LogP contribution is -2.49. The minimum Gasteiger partial charge on any atom is -0.459 e. The number of furan rings is 1. The Morgan fingerprint density at radius 3 is 2.54 bits per heavy atom. The molecule has 0 spiro atoms. The highest BCUT2D eigenvalue weighted by molar-refractivity contribution is 5.98. The molecule has 10 heteroatoms. The zero-order valence-corrected chi connectivity index (χ0v) is 23.3. The maximum absolute atomic E-state index is 15.4. The van der Waals surface area contributed by atoms with Crippen LogP contribution in [0.3, 0.4) is 0 Å². The van der Waals surface area contributed by atoms with Gasteiger partial charge in [-0.05, 0) is 57.0 Å². The molecule has 1 aliphatic heterocycles. The maximum atomic E-state index is 15.4. The Kier molecular flexibility index (Phi) is 6.80. The molecule has 0 radical (unpaired) electrons. The molecule has 2 aromatic carbocycles. The van der Waals surface area contributed by atoms with Crippen LogP contribution in [-0.4, -0.2) is 68.8 Å². The van der Waals surface area contributed by atoms with Crippen LogP contribution in [0.25, 0.3) is 33.3 Å². The molecule has 2 fully saturated rings. The van der Waals surface area contributed by atoms with Crippen molar-refractivity contribution in [2.75, 3.05) is 44.3 Å². The van der Waals surface area contributed by atoms with Gasteiger partial charge in [0.1, 0.15) is 35.0 Å². The summed E-state index contributed by atoms with van der Waals surface area (Å²) in [5.41, 5.74) is 9.53. The zero-order chi connectivity index (χ0) is 27.9. The van der Waals surface area contributed by atoms with Gasteiger partial charge in [-0.15, -0.1) is 0 Å². The summed E-state index contributed by atoms with van der Waals surface area (Å²) in [5.74, 6) is 0.728. The number of nitrogens with zero attached hydrogens (tertiary/aromatic N) is 6. The molecule has 3 aromatic heterocycles. The molecule has 0 atom stereocenters. The lowest BCUT2D eigenvalue weighted by molar-refractivity contribution is 0.0815. The summed E-state index contributed by atoms with van der Waals surface area (Å²) in [7, 11) is 2.20. The highest BCUT2D eigenvalue weighted by Crippen LogP contribution is 2.37. The molecule has 4 heterocycles. The number of nitrogen functional groups attached to an aromatic ring is 1. The minimum absolute atomic E-state index is 0.221. The molecular formula is C31H35FN8O. The number of anilines is 2. The topological polar surface area (TPSA) is 101 Å². The van der Waals surface area contributed by atoms with Crippen LogP contribution < -0.4 is 11.1 Å². The van der Waals surface area contributed by atoms with E-state index >= 15 is 4.39 Å². The SMILES string of the molecule is CN1CCN(C2CCC(n3nc(-c4ccc(NCc5cc6ccccc6o5)c(F)c4)c4c(N)ncnc43)CC2)CC1. The molecule has 0 bridgehead atoms. The summed E-state index contributed by atoms with van der Waals surface area (Å²) in [6.45, 7) is 4.92. The van der Waals surface area contributed by atoms with Crippen LogP contribution >= 0.6 is 0 Å². The Labute approximate surface area is 238 Å².